The van der Waals surface area contributed by atoms with E-state index in [0.717, 1.165) is 6.92 Å². The lowest BCUT2D eigenvalue weighted by Gasteiger charge is -2.46. The molecular formula is C19H23BrN2O9. The zero-order valence-corrected chi connectivity index (χ0v) is 17.9. The summed E-state index contributed by atoms with van der Waals surface area (Å²) in [6, 6.07) is 3.95. The lowest BCUT2D eigenvalue weighted by molar-refractivity contribution is -0.284. The van der Waals surface area contributed by atoms with E-state index in [0.29, 0.717) is 15.4 Å². The Hall–Kier alpha value is -2.22. The van der Waals surface area contributed by atoms with Crippen molar-refractivity contribution in [3.63, 3.8) is 0 Å². The predicted octanol–water partition coefficient (Wildman–Crippen LogP) is -0.541. The highest BCUT2D eigenvalue weighted by molar-refractivity contribution is 9.10. The molecule has 12 heteroatoms. The molecule has 6 atom stereocenters. The van der Waals surface area contributed by atoms with Gasteiger partial charge in [-0.1, -0.05) is 15.9 Å². The summed E-state index contributed by atoms with van der Waals surface area (Å²) >= 11 is 3.33. The Morgan fingerprint density at radius 1 is 1.42 bits per heavy atom. The van der Waals surface area contributed by atoms with Crippen LogP contribution in [0.15, 0.2) is 28.9 Å². The molecule has 1 aromatic carbocycles. The van der Waals surface area contributed by atoms with Crippen molar-refractivity contribution >= 4 is 38.7 Å². The van der Waals surface area contributed by atoms with E-state index in [-0.39, 0.29) is 5.75 Å². The molecule has 11 nitrogen and oxygen atoms in total. The number of fused-ring (bicyclic) bond motifs is 1. The summed E-state index contributed by atoms with van der Waals surface area (Å²) in [6.07, 6.45) is -5.85. The fourth-order valence-electron chi connectivity index (χ4n) is 3.56. The van der Waals surface area contributed by atoms with Gasteiger partial charge in [-0.05, 0) is 18.2 Å². The van der Waals surface area contributed by atoms with Crippen LogP contribution in [-0.4, -0.2) is 85.2 Å². The minimum absolute atomic E-state index is 0.111. The van der Waals surface area contributed by atoms with Crippen LogP contribution in [0.5, 0.6) is 5.75 Å². The summed E-state index contributed by atoms with van der Waals surface area (Å²) in [5.41, 5.74) is 0.651. The Kier molecular flexibility index (Phi) is 6.88. The van der Waals surface area contributed by atoms with Crippen molar-refractivity contribution in [1.29, 1.82) is 0 Å². The number of carboxylic acids is 1. The van der Waals surface area contributed by atoms with Crippen LogP contribution in [0, 0.1) is 0 Å². The minimum Gasteiger partial charge on any atom is -0.476 e. The van der Waals surface area contributed by atoms with Crippen molar-refractivity contribution in [3.05, 3.63) is 28.9 Å². The first-order chi connectivity index (χ1) is 14.6. The lowest BCUT2D eigenvalue weighted by Crippen LogP contribution is -2.68. The number of nitrogens with one attached hydrogen (secondary N) is 2. The van der Waals surface area contributed by atoms with Gasteiger partial charge < -0.3 is 45.3 Å². The van der Waals surface area contributed by atoms with Gasteiger partial charge in [0.25, 0.3) is 0 Å². The Labute approximate surface area is 184 Å². The molecule has 0 aliphatic carbocycles. The van der Waals surface area contributed by atoms with Gasteiger partial charge in [0.05, 0.1) is 25.2 Å². The smallest absolute Gasteiger partial charge is 0.377 e. The van der Waals surface area contributed by atoms with Crippen LogP contribution in [0.1, 0.15) is 13.3 Å². The van der Waals surface area contributed by atoms with E-state index >= 15 is 0 Å². The number of aliphatic carboxylic acids is 1. The maximum absolute atomic E-state index is 12.2. The molecule has 1 aliphatic heterocycles. The molecule has 1 fully saturated rings. The van der Waals surface area contributed by atoms with E-state index in [4.69, 9.17) is 9.47 Å². The SMILES string of the molecule is CC(=O)N[C@@H]1C(O)C[C@](Oc2c[nH]c3ccc(Br)cc23)(C(=O)O)OC1[C@@H](O)[C@H](O)CO. The Morgan fingerprint density at radius 3 is 2.74 bits per heavy atom. The average Bonchev–Trinajstić information content (AvgIpc) is 3.09. The summed E-state index contributed by atoms with van der Waals surface area (Å²) in [7, 11) is 0. The van der Waals surface area contributed by atoms with E-state index in [2.05, 4.69) is 26.2 Å². The van der Waals surface area contributed by atoms with Gasteiger partial charge in [-0.15, -0.1) is 0 Å². The number of carbonyl (C=O) groups is 2. The second kappa shape index (κ2) is 9.10. The maximum Gasteiger partial charge on any atom is 0.377 e. The first-order valence-electron chi connectivity index (χ1n) is 9.37. The number of hydrogen-bond donors (Lipinski definition) is 7. The van der Waals surface area contributed by atoms with Crippen molar-refractivity contribution in [1.82, 2.24) is 10.3 Å². The number of hydrogen-bond acceptors (Lipinski definition) is 8. The van der Waals surface area contributed by atoms with Crippen LogP contribution in [0.25, 0.3) is 10.9 Å². The number of benzene rings is 1. The van der Waals surface area contributed by atoms with E-state index in [9.17, 15) is 35.1 Å². The summed E-state index contributed by atoms with van der Waals surface area (Å²) in [6.45, 7) is 0.305. The average molecular weight is 503 g/mol. The molecule has 1 aliphatic rings. The summed E-state index contributed by atoms with van der Waals surface area (Å²) in [5, 5.41) is 53.0. The molecule has 2 heterocycles. The summed E-state index contributed by atoms with van der Waals surface area (Å²) < 4.78 is 12.1. The predicted molar refractivity (Wildman–Crippen MR) is 109 cm³/mol. The molecule has 1 aromatic heterocycles. The maximum atomic E-state index is 12.2. The van der Waals surface area contributed by atoms with Gasteiger partial charge in [0.15, 0.2) is 0 Å². The summed E-state index contributed by atoms with van der Waals surface area (Å²) in [5.74, 6) is -4.51. The van der Waals surface area contributed by atoms with Crippen molar-refractivity contribution in [2.24, 2.45) is 0 Å². The third-order valence-corrected chi connectivity index (χ3v) is 5.56. The van der Waals surface area contributed by atoms with Crippen molar-refractivity contribution in [2.45, 2.75) is 49.6 Å². The number of aromatic nitrogens is 1. The molecular weight excluding hydrogens is 480 g/mol. The number of carbonyl (C=O) groups excluding carboxylic acids is 1. The van der Waals surface area contributed by atoms with Gasteiger partial charge in [-0.25, -0.2) is 4.79 Å². The van der Waals surface area contributed by atoms with Crippen LogP contribution < -0.4 is 10.1 Å². The van der Waals surface area contributed by atoms with Gasteiger partial charge in [0, 0.05) is 28.5 Å². The number of ether oxygens (including phenoxy) is 2. The third-order valence-electron chi connectivity index (χ3n) is 5.07. The molecule has 3 rings (SSSR count). The molecule has 1 amide bonds. The van der Waals surface area contributed by atoms with Crippen molar-refractivity contribution in [3.8, 4) is 5.75 Å². The number of aliphatic hydroxyl groups excluding tert-OH is 4. The molecule has 2 unspecified atom stereocenters. The van der Waals surface area contributed by atoms with Gasteiger partial charge in [0.1, 0.15) is 24.1 Å². The number of carboxylic acid groups (broad SMARTS) is 1. The van der Waals surface area contributed by atoms with Crippen LogP contribution in [0.3, 0.4) is 0 Å². The highest BCUT2D eigenvalue weighted by Crippen LogP contribution is 2.37. The number of H-pyrrole nitrogens is 1. The molecule has 0 bridgehead atoms. The van der Waals surface area contributed by atoms with Crippen molar-refractivity contribution < 1.29 is 44.6 Å². The molecule has 0 saturated carbocycles. The van der Waals surface area contributed by atoms with E-state index in [1.807, 2.05) is 0 Å². The molecule has 7 N–H and O–H groups in total. The molecule has 0 radical (unpaired) electrons. The number of rotatable bonds is 7. The normalized spacial score (nSPS) is 28.1. The Bertz CT molecular complexity index is 967. The highest BCUT2D eigenvalue weighted by Gasteiger charge is 2.56. The Morgan fingerprint density at radius 2 is 2.13 bits per heavy atom. The zero-order chi connectivity index (χ0) is 22.9. The fourth-order valence-corrected chi connectivity index (χ4v) is 3.92. The van der Waals surface area contributed by atoms with Gasteiger partial charge in [-0.3, -0.25) is 4.79 Å². The second-order valence-corrected chi connectivity index (χ2v) is 8.24. The quantitative estimate of drug-likeness (QED) is 0.261. The lowest BCUT2D eigenvalue weighted by atomic mass is 9.88. The van der Waals surface area contributed by atoms with Crippen LogP contribution in [0.2, 0.25) is 0 Å². The molecule has 31 heavy (non-hydrogen) atoms. The molecule has 0 spiro atoms. The number of amides is 1. The topological polar surface area (TPSA) is 182 Å². The number of aliphatic hydroxyl groups is 4. The zero-order valence-electron chi connectivity index (χ0n) is 16.4. The summed E-state index contributed by atoms with van der Waals surface area (Å²) in [4.78, 5) is 26.7. The van der Waals surface area contributed by atoms with Crippen LogP contribution in [-0.2, 0) is 14.3 Å². The highest BCUT2D eigenvalue weighted by atomic mass is 79.9. The second-order valence-electron chi connectivity index (χ2n) is 7.32. The first-order valence-corrected chi connectivity index (χ1v) is 10.2. The Balaban J connectivity index is 2.01. The van der Waals surface area contributed by atoms with E-state index in [1.165, 1.54) is 6.20 Å². The van der Waals surface area contributed by atoms with Crippen LogP contribution >= 0.6 is 15.9 Å². The largest absolute Gasteiger partial charge is 0.476 e. The first kappa shape index (κ1) is 23.4. The fraction of sp³-hybridized carbons (Fsp3) is 0.474. The van der Waals surface area contributed by atoms with Gasteiger partial charge in [-0.2, -0.15) is 0 Å². The van der Waals surface area contributed by atoms with E-state index < -0.39 is 61.1 Å². The minimum atomic E-state index is -2.45. The van der Waals surface area contributed by atoms with E-state index in [1.54, 1.807) is 18.2 Å². The number of aromatic amines is 1. The molecule has 170 valence electrons. The van der Waals surface area contributed by atoms with Crippen LogP contribution in [0.4, 0.5) is 0 Å². The number of halogens is 1. The molecule has 1 saturated heterocycles. The molecule has 2 aromatic rings. The standard InChI is InChI=1S/C19H23BrN2O9/c1-8(24)22-15-12(25)5-19(18(28)29,31-17(15)16(27)13(26)7-23)30-14-6-21-11-3-2-9(20)4-10(11)14/h2-4,6,12-13,15-17,21,23,25-27H,5,7H2,1H3,(H,22,24)(H,28,29)/t12?,13-,15-,16+,17?,19-/m1/s1. The monoisotopic (exact) mass is 502 g/mol. The van der Waals surface area contributed by atoms with Crippen molar-refractivity contribution in [2.75, 3.05) is 6.61 Å². The third kappa shape index (κ3) is 4.68. The van der Waals surface area contributed by atoms with Gasteiger partial charge in [0.2, 0.25) is 5.91 Å². The van der Waals surface area contributed by atoms with Gasteiger partial charge >= 0.3 is 11.8 Å².